The topological polar surface area (TPSA) is 49.4 Å². The van der Waals surface area contributed by atoms with E-state index in [1.807, 2.05) is 4.90 Å². The van der Waals surface area contributed by atoms with Gasteiger partial charge < -0.3 is 10.2 Å². The number of benzene rings is 1. The summed E-state index contributed by atoms with van der Waals surface area (Å²) in [6.07, 6.45) is 9.50. The van der Waals surface area contributed by atoms with Crippen molar-refractivity contribution in [3.63, 3.8) is 0 Å². The maximum Gasteiger partial charge on any atom is 0.224 e. The van der Waals surface area contributed by atoms with Crippen LogP contribution in [-0.2, 0) is 15.0 Å². The monoisotopic (exact) mass is 354 g/mol. The predicted octanol–water partition coefficient (Wildman–Crippen LogP) is 3.41. The maximum absolute atomic E-state index is 12.9. The van der Waals surface area contributed by atoms with Crippen molar-refractivity contribution in [1.29, 1.82) is 0 Å². The van der Waals surface area contributed by atoms with Crippen molar-refractivity contribution < 1.29 is 9.59 Å². The lowest BCUT2D eigenvalue weighted by Gasteiger charge is -2.39. The molecule has 1 aromatic carbocycles. The summed E-state index contributed by atoms with van der Waals surface area (Å²) in [5.74, 6) is 0.346. The van der Waals surface area contributed by atoms with Gasteiger partial charge in [-0.25, -0.2) is 0 Å². The minimum Gasteiger partial charge on any atom is -0.355 e. The Kier molecular flexibility index (Phi) is 5.01. The first-order valence-electron chi connectivity index (χ1n) is 10.3. The Bertz CT molecular complexity index is 647. The van der Waals surface area contributed by atoms with Crippen LogP contribution in [0, 0.1) is 5.92 Å². The number of piperidine rings is 1. The molecule has 0 bridgehead atoms. The second-order valence-electron chi connectivity index (χ2n) is 8.44. The van der Waals surface area contributed by atoms with Crippen LogP contribution in [0.25, 0.3) is 0 Å². The molecule has 4 rings (SSSR count). The zero-order valence-corrected chi connectivity index (χ0v) is 15.6. The Morgan fingerprint density at radius 3 is 2.50 bits per heavy atom. The molecule has 2 amide bonds. The largest absolute Gasteiger partial charge is 0.355 e. The lowest BCUT2D eigenvalue weighted by Crippen LogP contribution is -2.49. The van der Waals surface area contributed by atoms with E-state index < -0.39 is 0 Å². The van der Waals surface area contributed by atoms with Crippen molar-refractivity contribution in [3.8, 4) is 0 Å². The summed E-state index contributed by atoms with van der Waals surface area (Å²) in [6, 6.07) is 11.1. The number of carbonyl (C=O) groups is 2. The van der Waals surface area contributed by atoms with Crippen molar-refractivity contribution in [3.05, 3.63) is 35.9 Å². The molecule has 1 aromatic rings. The molecular formula is C22H30N2O2. The molecule has 26 heavy (non-hydrogen) atoms. The van der Waals surface area contributed by atoms with E-state index in [-0.39, 0.29) is 23.1 Å². The van der Waals surface area contributed by atoms with E-state index in [4.69, 9.17) is 0 Å². The van der Waals surface area contributed by atoms with E-state index in [9.17, 15) is 9.59 Å². The van der Waals surface area contributed by atoms with Crippen LogP contribution >= 0.6 is 0 Å². The van der Waals surface area contributed by atoms with Gasteiger partial charge >= 0.3 is 0 Å². The van der Waals surface area contributed by atoms with E-state index in [2.05, 4.69) is 35.6 Å². The van der Waals surface area contributed by atoms with Gasteiger partial charge in [-0.05, 0) is 37.7 Å². The number of likely N-dealkylation sites (tertiary alicyclic amines) is 1. The molecule has 4 nitrogen and oxygen atoms in total. The molecule has 1 N–H and O–H groups in total. The van der Waals surface area contributed by atoms with Gasteiger partial charge in [0.25, 0.3) is 0 Å². The second kappa shape index (κ2) is 7.42. The van der Waals surface area contributed by atoms with Crippen LogP contribution < -0.4 is 5.32 Å². The number of hydrogen-bond donors (Lipinski definition) is 1. The third kappa shape index (κ3) is 3.65. The number of hydrogen-bond acceptors (Lipinski definition) is 2. The van der Waals surface area contributed by atoms with Gasteiger partial charge in [-0.3, -0.25) is 9.59 Å². The van der Waals surface area contributed by atoms with Crippen LogP contribution in [-0.4, -0.2) is 35.8 Å². The molecule has 0 spiro atoms. The average molecular weight is 354 g/mol. The minimum absolute atomic E-state index is 0.0373. The molecule has 3 aliphatic rings. The molecule has 140 valence electrons. The zero-order chi connectivity index (χ0) is 18.0. The van der Waals surface area contributed by atoms with Gasteiger partial charge in [0.05, 0.1) is 5.92 Å². The number of nitrogens with zero attached hydrogens (tertiary/aromatic N) is 1. The summed E-state index contributed by atoms with van der Waals surface area (Å²) in [4.78, 5) is 26.9. The molecule has 2 aliphatic carbocycles. The molecule has 0 radical (unpaired) electrons. The Hall–Kier alpha value is -1.84. The molecule has 2 saturated carbocycles. The highest BCUT2D eigenvalue weighted by Crippen LogP contribution is 2.39. The van der Waals surface area contributed by atoms with Crippen molar-refractivity contribution >= 4 is 11.8 Å². The molecule has 1 aliphatic heterocycles. The molecule has 0 aromatic heterocycles. The predicted molar refractivity (Wildman–Crippen MR) is 102 cm³/mol. The highest BCUT2D eigenvalue weighted by Gasteiger charge is 2.39. The van der Waals surface area contributed by atoms with Crippen LogP contribution in [0.5, 0.6) is 0 Å². The minimum atomic E-state index is -0.0373. The van der Waals surface area contributed by atoms with Gasteiger partial charge in [0, 0.05) is 31.0 Å². The smallest absolute Gasteiger partial charge is 0.224 e. The molecule has 1 saturated heterocycles. The average Bonchev–Trinajstić information content (AvgIpc) is 3.53. The highest BCUT2D eigenvalue weighted by molar-refractivity contribution is 5.84. The normalized spacial score (nSPS) is 25.8. The van der Waals surface area contributed by atoms with Gasteiger partial charge in [0.2, 0.25) is 11.8 Å². The van der Waals surface area contributed by atoms with Crippen LogP contribution in [0.15, 0.2) is 30.3 Å². The molecule has 1 unspecified atom stereocenters. The Morgan fingerprint density at radius 2 is 1.81 bits per heavy atom. The fraction of sp³-hybridized carbons (Fsp3) is 0.636. The Labute approximate surface area is 156 Å². The first-order chi connectivity index (χ1) is 12.7. The van der Waals surface area contributed by atoms with Gasteiger partial charge in [-0.1, -0.05) is 49.6 Å². The summed E-state index contributed by atoms with van der Waals surface area (Å²) in [5, 5.41) is 3.28. The summed E-state index contributed by atoms with van der Waals surface area (Å²) in [5.41, 5.74) is 1.44. The summed E-state index contributed by atoms with van der Waals surface area (Å²) >= 11 is 0. The Balaban J connectivity index is 1.41. The van der Waals surface area contributed by atoms with Crippen molar-refractivity contribution in [2.45, 2.75) is 69.2 Å². The van der Waals surface area contributed by atoms with Crippen molar-refractivity contribution in [2.24, 2.45) is 5.92 Å². The Morgan fingerprint density at radius 1 is 1.08 bits per heavy atom. The molecule has 1 atom stereocenters. The van der Waals surface area contributed by atoms with E-state index in [1.54, 1.807) is 0 Å². The third-order valence-corrected chi connectivity index (χ3v) is 6.60. The van der Waals surface area contributed by atoms with Crippen molar-refractivity contribution in [2.75, 3.05) is 13.1 Å². The molecule has 3 fully saturated rings. The maximum atomic E-state index is 12.9. The van der Waals surface area contributed by atoms with Gasteiger partial charge in [-0.2, -0.15) is 0 Å². The third-order valence-electron chi connectivity index (χ3n) is 6.60. The zero-order valence-electron chi connectivity index (χ0n) is 15.6. The first-order valence-corrected chi connectivity index (χ1v) is 10.3. The molecule has 1 heterocycles. The molecular weight excluding hydrogens is 324 g/mol. The first kappa shape index (κ1) is 17.6. The van der Waals surface area contributed by atoms with E-state index in [1.165, 1.54) is 24.8 Å². The van der Waals surface area contributed by atoms with Gasteiger partial charge in [-0.15, -0.1) is 0 Å². The van der Waals surface area contributed by atoms with E-state index in [0.717, 1.165) is 32.2 Å². The van der Waals surface area contributed by atoms with Crippen molar-refractivity contribution in [1.82, 2.24) is 10.2 Å². The standard InChI is InChI=1S/C22H30N2O2/c25-20-12-9-17(15-24(20)19-10-11-19)21(26)23-16-22(13-5-2-6-14-22)18-7-3-1-4-8-18/h1,3-4,7-8,17,19H,2,5-6,9-16H2,(H,23,26). The van der Waals surface area contributed by atoms with Crippen LogP contribution in [0.2, 0.25) is 0 Å². The van der Waals surface area contributed by atoms with Crippen LogP contribution in [0.1, 0.15) is 63.4 Å². The highest BCUT2D eigenvalue weighted by atomic mass is 16.2. The number of amides is 2. The van der Waals surface area contributed by atoms with Crippen LogP contribution in [0.4, 0.5) is 0 Å². The van der Waals surface area contributed by atoms with Gasteiger partial charge in [0.1, 0.15) is 0 Å². The van der Waals surface area contributed by atoms with Crippen LogP contribution in [0.3, 0.4) is 0 Å². The fourth-order valence-electron chi connectivity index (χ4n) is 4.81. The van der Waals surface area contributed by atoms with E-state index >= 15 is 0 Å². The lowest BCUT2D eigenvalue weighted by atomic mass is 9.69. The number of rotatable bonds is 5. The lowest BCUT2D eigenvalue weighted by molar-refractivity contribution is -0.138. The number of carbonyl (C=O) groups excluding carboxylic acids is 2. The van der Waals surface area contributed by atoms with E-state index in [0.29, 0.717) is 25.4 Å². The SMILES string of the molecule is O=C(NCC1(c2ccccc2)CCCCC1)C1CCC(=O)N(C2CC2)C1. The molecule has 4 heteroatoms. The summed E-state index contributed by atoms with van der Waals surface area (Å²) in [6.45, 7) is 1.34. The summed E-state index contributed by atoms with van der Waals surface area (Å²) < 4.78 is 0. The quantitative estimate of drug-likeness (QED) is 0.881. The second-order valence-corrected chi connectivity index (χ2v) is 8.44. The summed E-state index contributed by atoms with van der Waals surface area (Å²) in [7, 11) is 0. The van der Waals surface area contributed by atoms with Gasteiger partial charge in [0.15, 0.2) is 0 Å². The fourth-order valence-corrected chi connectivity index (χ4v) is 4.81. The number of nitrogens with one attached hydrogen (secondary N) is 1.